The van der Waals surface area contributed by atoms with Gasteiger partial charge in [-0.25, -0.2) is 18.1 Å². The zero-order valence-electron chi connectivity index (χ0n) is 16.1. The van der Waals surface area contributed by atoms with Crippen molar-refractivity contribution in [1.82, 2.24) is 14.1 Å². The summed E-state index contributed by atoms with van der Waals surface area (Å²) in [5.74, 6) is -0.783. The third kappa shape index (κ3) is 5.93. The Morgan fingerprint density at radius 1 is 1.19 bits per heavy atom. The van der Waals surface area contributed by atoms with E-state index in [4.69, 9.17) is 4.74 Å². The smallest absolute Gasteiger partial charge is 0.416 e. The number of pyridine rings is 1. The molecule has 8 nitrogen and oxygen atoms in total. The molecule has 0 aliphatic rings. The van der Waals surface area contributed by atoms with Crippen molar-refractivity contribution in [3.8, 4) is 0 Å². The first kappa shape index (κ1) is 23.9. The molecule has 0 unspecified atom stereocenters. The van der Waals surface area contributed by atoms with E-state index in [9.17, 15) is 31.2 Å². The number of alkyl halides is 3. The van der Waals surface area contributed by atoms with Gasteiger partial charge >= 0.3 is 12.1 Å². The molecule has 0 bridgehead atoms. The minimum atomic E-state index is -4.69. The summed E-state index contributed by atoms with van der Waals surface area (Å²) in [7, 11) is -4.26. The summed E-state index contributed by atoms with van der Waals surface area (Å²) in [5.41, 5.74) is -0.932. The van der Waals surface area contributed by atoms with Gasteiger partial charge in [-0.05, 0) is 46.3 Å². The Hall–Kier alpha value is -2.77. The van der Waals surface area contributed by atoms with E-state index >= 15 is 0 Å². The highest BCUT2D eigenvalue weighted by atomic mass is 79.9. The lowest BCUT2D eigenvalue weighted by molar-refractivity contribution is -0.144. The minimum Gasteiger partial charge on any atom is -0.459 e. The maximum Gasteiger partial charge on any atom is 0.416 e. The Labute approximate surface area is 188 Å². The van der Waals surface area contributed by atoms with Crippen LogP contribution in [0.1, 0.15) is 17.7 Å². The van der Waals surface area contributed by atoms with Crippen LogP contribution in [0.5, 0.6) is 0 Å². The maximum absolute atomic E-state index is 12.8. The van der Waals surface area contributed by atoms with E-state index in [2.05, 4.69) is 25.6 Å². The van der Waals surface area contributed by atoms with Crippen molar-refractivity contribution in [1.29, 1.82) is 0 Å². The number of carbonyl (C=O) groups excluding carboxylic acids is 1. The fraction of sp³-hybridized carbons (Fsp3) is 0.211. The second-order valence-electron chi connectivity index (χ2n) is 6.50. The van der Waals surface area contributed by atoms with Gasteiger partial charge in [-0.3, -0.25) is 14.0 Å². The van der Waals surface area contributed by atoms with E-state index in [1.165, 1.54) is 16.7 Å². The topological polar surface area (TPSA) is 107 Å². The van der Waals surface area contributed by atoms with Gasteiger partial charge in [0.15, 0.2) is 0 Å². The van der Waals surface area contributed by atoms with Crippen molar-refractivity contribution in [3.63, 3.8) is 0 Å². The number of hydrogen-bond acceptors (Lipinski definition) is 6. The third-order valence-corrected chi connectivity index (χ3v) is 6.08. The molecule has 3 rings (SSSR count). The summed E-state index contributed by atoms with van der Waals surface area (Å²) in [6.45, 7) is -0.694. The molecular formula is C19H15BrF3N3O5S. The zero-order chi connectivity index (χ0) is 23.5. The van der Waals surface area contributed by atoms with Crippen molar-refractivity contribution in [2.75, 3.05) is 6.54 Å². The van der Waals surface area contributed by atoms with Crippen molar-refractivity contribution in [2.45, 2.75) is 24.1 Å². The highest BCUT2D eigenvalue weighted by Gasteiger charge is 2.31. The average Bonchev–Trinajstić information content (AvgIpc) is 2.72. The fourth-order valence-electron chi connectivity index (χ4n) is 2.64. The highest BCUT2D eigenvalue weighted by Crippen LogP contribution is 2.30. The van der Waals surface area contributed by atoms with Crippen LogP contribution in [-0.2, 0) is 32.3 Å². The summed E-state index contributed by atoms with van der Waals surface area (Å²) in [4.78, 5) is 27.6. The Morgan fingerprint density at radius 3 is 2.66 bits per heavy atom. The Kier molecular flexibility index (Phi) is 7.00. The summed E-state index contributed by atoms with van der Waals surface area (Å²) in [6.07, 6.45) is -3.53. The lowest BCUT2D eigenvalue weighted by Gasteiger charge is -2.10. The normalized spacial score (nSPS) is 12.1. The van der Waals surface area contributed by atoms with Gasteiger partial charge in [-0.15, -0.1) is 0 Å². The standard InChI is InChI=1S/C19H15BrF3N3O5S/c20-13-4-5-16-25-14(9-17(27)26(16)10-13)11-31-18(28)6-7-24-32(29,30)15-3-1-2-12(8-15)19(21,22)23/h1-5,8-10,24H,6-7,11H2. The van der Waals surface area contributed by atoms with E-state index in [-0.39, 0.29) is 30.8 Å². The number of benzene rings is 1. The summed E-state index contributed by atoms with van der Waals surface area (Å²) >= 11 is 3.24. The van der Waals surface area contributed by atoms with Crippen molar-refractivity contribution >= 4 is 37.6 Å². The zero-order valence-corrected chi connectivity index (χ0v) is 18.5. The molecule has 0 atom stereocenters. The van der Waals surface area contributed by atoms with Crippen LogP contribution in [0.3, 0.4) is 0 Å². The van der Waals surface area contributed by atoms with Crippen LogP contribution < -0.4 is 10.3 Å². The van der Waals surface area contributed by atoms with Crippen LogP contribution in [0, 0.1) is 0 Å². The number of halogens is 4. The van der Waals surface area contributed by atoms with Gasteiger partial charge in [0.2, 0.25) is 10.0 Å². The fourth-order valence-corrected chi connectivity index (χ4v) is 4.05. The number of fused-ring (bicyclic) bond motifs is 1. The van der Waals surface area contributed by atoms with Gasteiger partial charge in [0.25, 0.3) is 5.56 Å². The lowest BCUT2D eigenvalue weighted by Crippen LogP contribution is -2.27. The number of esters is 1. The molecule has 0 spiro atoms. The summed E-state index contributed by atoms with van der Waals surface area (Å²) < 4.78 is 71.7. The van der Waals surface area contributed by atoms with Crippen molar-refractivity contribution in [3.05, 3.63) is 74.7 Å². The van der Waals surface area contributed by atoms with Crippen LogP contribution in [0.4, 0.5) is 13.2 Å². The van der Waals surface area contributed by atoms with E-state index in [1.54, 1.807) is 12.1 Å². The van der Waals surface area contributed by atoms with E-state index < -0.39 is 32.6 Å². The molecule has 0 aliphatic carbocycles. The Bertz CT molecular complexity index is 1330. The van der Waals surface area contributed by atoms with Crippen LogP contribution >= 0.6 is 15.9 Å². The first-order valence-electron chi connectivity index (χ1n) is 8.96. The second-order valence-corrected chi connectivity index (χ2v) is 9.18. The molecule has 0 radical (unpaired) electrons. The monoisotopic (exact) mass is 533 g/mol. The minimum absolute atomic E-state index is 0.204. The van der Waals surface area contributed by atoms with Crippen LogP contribution in [-0.4, -0.2) is 30.3 Å². The molecule has 3 aromatic rings. The van der Waals surface area contributed by atoms with Crippen molar-refractivity contribution < 1.29 is 31.1 Å². The molecule has 1 aromatic carbocycles. The third-order valence-electron chi connectivity index (χ3n) is 4.15. The quantitative estimate of drug-likeness (QED) is 0.468. The van der Waals surface area contributed by atoms with Crippen LogP contribution in [0.2, 0.25) is 0 Å². The second kappa shape index (κ2) is 9.38. The number of sulfonamides is 1. The largest absolute Gasteiger partial charge is 0.459 e. The molecule has 0 saturated heterocycles. The number of carbonyl (C=O) groups is 1. The summed E-state index contributed by atoms with van der Waals surface area (Å²) in [5, 5.41) is 0. The molecule has 2 aromatic heterocycles. The first-order valence-corrected chi connectivity index (χ1v) is 11.2. The molecule has 2 heterocycles. The number of ether oxygens (including phenoxy) is 1. The number of rotatable bonds is 7. The first-order chi connectivity index (χ1) is 15.0. The van der Waals surface area contributed by atoms with Gasteiger partial charge in [0, 0.05) is 23.3 Å². The van der Waals surface area contributed by atoms with Crippen molar-refractivity contribution in [2.24, 2.45) is 0 Å². The van der Waals surface area contributed by atoms with Gasteiger partial charge in [-0.2, -0.15) is 13.2 Å². The predicted octanol–water partition coefficient (Wildman–Crippen LogP) is 2.89. The predicted molar refractivity (Wildman–Crippen MR) is 110 cm³/mol. The molecule has 32 heavy (non-hydrogen) atoms. The number of nitrogens with one attached hydrogen (secondary N) is 1. The number of nitrogens with zero attached hydrogens (tertiary/aromatic N) is 2. The van der Waals surface area contributed by atoms with Gasteiger partial charge in [0.1, 0.15) is 12.3 Å². The van der Waals surface area contributed by atoms with E-state index in [1.807, 2.05) is 0 Å². The van der Waals surface area contributed by atoms with Gasteiger partial charge in [-0.1, -0.05) is 6.07 Å². The molecule has 1 N–H and O–H groups in total. The Morgan fingerprint density at radius 2 is 1.94 bits per heavy atom. The number of aromatic nitrogens is 2. The molecule has 0 aliphatic heterocycles. The maximum atomic E-state index is 12.8. The molecular weight excluding hydrogens is 519 g/mol. The average molecular weight is 534 g/mol. The molecule has 0 saturated carbocycles. The lowest BCUT2D eigenvalue weighted by atomic mass is 10.2. The number of hydrogen-bond donors (Lipinski definition) is 1. The van der Waals surface area contributed by atoms with Crippen LogP contribution in [0.25, 0.3) is 5.65 Å². The van der Waals surface area contributed by atoms with Gasteiger partial charge < -0.3 is 4.74 Å². The molecule has 170 valence electrons. The Balaban J connectivity index is 1.56. The van der Waals surface area contributed by atoms with E-state index in [0.717, 1.165) is 18.2 Å². The molecule has 0 fully saturated rings. The SMILES string of the molecule is O=C(CCNS(=O)(=O)c1cccc(C(F)(F)F)c1)OCc1cc(=O)n2cc(Br)ccc2n1. The van der Waals surface area contributed by atoms with Gasteiger partial charge in [0.05, 0.1) is 22.6 Å². The van der Waals surface area contributed by atoms with Crippen LogP contribution in [0.15, 0.2) is 62.8 Å². The molecule has 13 heteroatoms. The molecule has 0 amide bonds. The summed E-state index contributed by atoms with van der Waals surface area (Å²) in [6, 6.07) is 7.73. The highest BCUT2D eigenvalue weighted by molar-refractivity contribution is 9.10. The van der Waals surface area contributed by atoms with E-state index in [0.29, 0.717) is 16.2 Å².